The Morgan fingerprint density at radius 3 is 2.77 bits per heavy atom. The van der Waals surface area contributed by atoms with Crippen molar-refractivity contribution >= 4 is 11.6 Å². The van der Waals surface area contributed by atoms with Gasteiger partial charge < -0.3 is 10.1 Å². The molecular formula is C19H17F2N3O2. The maximum atomic E-state index is 13.5. The highest BCUT2D eigenvalue weighted by Crippen LogP contribution is 2.19. The van der Waals surface area contributed by atoms with Crippen LogP contribution < -0.4 is 10.1 Å². The SMILES string of the molecule is Cc1cccc(NC(=O)c2ccn(COc3ccc(F)cc3F)n2)c1C. The molecule has 1 heterocycles. The molecule has 3 aromatic rings. The average molecular weight is 357 g/mol. The van der Waals surface area contributed by atoms with Gasteiger partial charge in [-0.25, -0.2) is 13.5 Å². The van der Waals surface area contributed by atoms with E-state index in [1.165, 1.54) is 16.8 Å². The van der Waals surface area contributed by atoms with Crippen molar-refractivity contribution in [3.05, 3.63) is 77.1 Å². The first-order valence-electron chi connectivity index (χ1n) is 7.93. The number of halogens is 2. The van der Waals surface area contributed by atoms with Crippen LogP contribution in [0.1, 0.15) is 21.6 Å². The van der Waals surface area contributed by atoms with Gasteiger partial charge >= 0.3 is 0 Å². The van der Waals surface area contributed by atoms with Crippen molar-refractivity contribution in [1.29, 1.82) is 0 Å². The normalized spacial score (nSPS) is 10.6. The average Bonchev–Trinajstić information content (AvgIpc) is 3.07. The summed E-state index contributed by atoms with van der Waals surface area (Å²) in [7, 11) is 0. The van der Waals surface area contributed by atoms with Gasteiger partial charge in [-0.2, -0.15) is 5.10 Å². The fourth-order valence-electron chi connectivity index (χ4n) is 2.36. The fourth-order valence-corrected chi connectivity index (χ4v) is 2.36. The molecule has 134 valence electrons. The molecule has 2 aromatic carbocycles. The van der Waals surface area contributed by atoms with Gasteiger partial charge in [-0.15, -0.1) is 0 Å². The number of anilines is 1. The highest BCUT2D eigenvalue weighted by atomic mass is 19.1. The maximum absolute atomic E-state index is 13.5. The van der Waals surface area contributed by atoms with Crippen LogP contribution in [-0.2, 0) is 6.73 Å². The molecule has 0 saturated heterocycles. The van der Waals surface area contributed by atoms with Gasteiger partial charge in [-0.05, 0) is 49.2 Å². The molecule has 3 rings (SSSR count). The summed E-state index contributed by atoms with van der Waals surface area (Å²) in [5.41, 5.74) is 2.97. The third kappa shape index (κ3) is 3.88. The Kier molecular flexibility index (Phi) is 4.97. The van der Waals surface area contributed by atoms with E-state index in [2.05, 4.69) is 10.4 Å². The minimum atomic E-state index is -0.801. The number of carbonyl (C=O) groups is 1. The molecule has 26 heavy (non-hydrogen) atoms. The third-order valence-electron chi connectivity index (χ3n) is 3.97. The molecule has 0 spiro atoms. The number of nitrogens with one attached hydrogen (secondary N) is 1. The van der Waals surface area contributed by atoms with Crippen LogP contribution in [0.2, 0.25) is 0 Å². The van der Waals surface area contributed by atoms with Gasteiger partial charge in [0.25, 0.3) is 5.91 Å². The van der Waals surface area contributed by atoms with Crippen molar-refractivity contribution in [2.45, 2.75) is 20.6 Å². The van der Waals surface area contributed by atoms with Crippen LogP contribution in [0, 0.1) is 25.5 Å². The Bertz CT molecular complexity index is 954. The molecule has 5 nitrogen and oxygen atoms in total. The lowest BCUT2D eigenvalue weighted by molar-refractivity contribution is 0.102. The molecule has 0 unspecified atom stereocenters. The Labute approximate surface area is 149 Å². The van der Waals surface area contributed by atoms with Gasteiger partial charge in [0, 0.05) is 18.0 Å². The first-order chi connectivity index (χ1) is 12.4. The molecule has 1 amide bonds. The number of aryl methyl sites for hydroxylation is 1. The van der Waals surface area contributed by atoms with Crippen LogP contribution in [-0.4, -0.2) is 15.7 Å². The van der Waals surface area contributed by atoms with E-state index in [0.29, 0.717) is 5.69 Å². The molecule has 1 N–H and O–H groups in total. The summed E-state index contributed by atoms with van der Waals surface area (Å²) in [5, 5.41) is 6.92. The molecule has 0 aliphatic rings. The Balaban J connectivity index is 1.65. The Morgan fingerprint density at radius 1 is 1.19 bits per heavy atom. The molecule has 7 heteroatoms. The van der Waals surface area contributed by atoms with E-state index < -0.39 is 11.6 Å². The molecule has 0 atom stereocenters. The van der Waals surface area contributed by atoms with E-state index >= 15 is 0 Å². The molecule has 0 fully saturated rings. The zero-order valence-corrected chi connectivity index (χ0v) is 14.3. The lowest BCUT2D eigenvalue weighted by atomic mass is 10.1. The van der Waals surface area contributed by atoms with E-state index in [0.717, 1.165) is 23.3 Å². The monoisotopic (exact) mass is 357 g/mol. The molecule has 0 bridgehead atoms. The number of hydrogen-bond acceptors (Lipinski definition) is 3. The number of rotatable bonds is 5. The van der Waals surface area contributed by atoms with E-state index in [4.69, 9.17) is 4.74 Å². The largest absolute Gasteiger partial charge is 0.468 e. The topological polar surface area (TPSA) is 56.2 Å². The van der Waals surface area contributed by atoms with Crippen molar-refractivity contribution in [1.82, 2.24) is 9.78 Å². The van der Waals surface area contributed by atoms with Crippen LogP contribution in [0.5, 0.6) is 5.75 Å². The van der Waals surface area contributed by atoms with Crippen molar-refractivity contribution in [3.8, 4) is 5.75 Å². The molecule has 0 aliphatic carbocycles. The van der Waals surface area contributed by atoms with Gasteiger partial charge in [-0.1, -0.05) is 12.1 Å². The van der Waals surface area contributed by atoms with Crippen molar-refractivity contribution in [2.24, 2.45) is 0 Å². The Morgan fingerprint density at radius 2 is 2.00 bits per heavy atom. The summed E-state index contributed by atoms with van der Waals surface area (Å²) in [6.45, 7) is 3.78. The van der Waals surface area contributed by atoms with E-state index in [1.54, 1.807) is 6.20 Å². The highest BCUT2D eigenvalue weighted by Gasteiger charge is 2.12. The quantitative estimate of drug-likeness (QED) is 0.749. The summed E-state index contributed by atoms with van der Waals surface area (Å²) in [5.74, 6) is -1.93. The molecule has 0 saturated carbocycles. The van der Waals surface area contributed by atoms with Crippen LogP contribution >= 0.6 is 0 Å². The minimum Gasteiger partial charge on any atom is -0.468 e. The molecule has 0 radical (unpaired) electrons. The second kappa shape index (κ2) is 7.35. The summed E-state index contributed by atoms with van der Waals surface area (Å²) in [6.07, 6.45) is 1.54. The molecular weight excluding hydrogens is 340 g/mol. The van der Waals surface area contributed by atoms with E-state index in [-0.39, 0.29) is 24.1 Å². The first kappa shape index (κ1) is 17.6. The predicted octanol–water partition coefficient (Wildman–Crippen LogP) is 4.07. The summed E-state index contributed by atoms with van der Waals surface area (Å²) >= 11 is 0. The number of carbonyl (C=O) groups excluding carboxylic acids is 1. The van der Waals surface area contributed by atoms with E-state index in [1.807, 2.05) is 32.0 Å². The number of nitrogens with zero attached hydrogens (tertiary/aromatic N) is 2. The number of benzene rings is 2. The van der Waals surface area contributed by atoms with Crippen molar-refractivity contribution < 1.29 is 18.3 Å². The maximum Gasteiger partial charge on any atom is 0.276 e. The van der Waals surface area contributed by atoms with Crippen molar-refractivity contribution in [2.75, 3.05) is 5.32 Å². The van der Waals surface area contributed by atoms with Crippen molar-refractivity contribution in [3.63, 3.8) is 0 Å². The lowest BCUT2D eigenvalue weighted by Crippen LogP contribution is -2.15. The summed E-state index contributed by atoms with van der Waals surface area (Å²) < 4.78 is 33.0. The number of aromatic nitrogens is 2. The smallest absolute Gasteiger partial charge is 0.276 e. The van der Waals surface area contributed by atoms with Gasteiger partial charge in [0.05, 0.1) is 0 Å². The highest BCUT2D eigenvalue weighted by molar-refractivity contribution is 6.03. The van der Waals surface area contributed by atoms with Gasteiger partial charge in [0.15, 0.2) is 24.0 Å². The lowest BCUT2D eigenvalue weighted by Gasteiger charge is -2.09. The summed E-state index contributed by atoms with van der Waals surface area (Å²) in [4.78, 5) is 12.3. The number of amides is 1. The van der Waals surface area contributed by atoms with Crippen LogP contribution in [0.25, 0.3) is 0 Å². The molecule has 0 aliphatic heterocycles. The minimum absolute atomic E-state index is 0.0942. The number of ether oxygens (including phenoxy) is 1. The standard InChI is InChI=1S/C19H17F2N3O2/c1-12-4-3-5-16(13(12)2)22-19(25)17-8-9-24(23-17)11-26-18-7-6-14(20)10-15(18)21/h3-10H,11H2,1-2H3,(H,22,25). The predicted molar refractivity (Wildman–Crippen MR) is 93.1 cm³/mol. The van der Waals surface area contributed by atoms with Crippen LogP contribution in [0.3, 0.4) is 0 Å². The zero-order chi connectivity index (χ0) is 18.7. The molecule has 1 aromatic heterocycles. The second-order valence-corrected chi connectivity index (χ2v) is 5.79. The van der Waals surface area contributed by atoms with Crippen LogP contribution in [0.15, 0.2) is 48.7 Å². The first-order valence-corrected chi connectivity index (χ1v) is 7.93. The third-order valence-corrected chi connectivity index (χ3v) is 3.97. The van der Waals surface area contributed by atoms with Gasteiger partial charge in [-0.3, -0.25) is 4.79 Å². The Hall–Kier alpha value is -3.22. The summed E-state index contributed by atoms with van der Waals surface area (Å²) in [6, 6.07) is 10.2. The van der Waals surface area contributed by atoms with E-state index in [9.17, 15) is 13.6 Å². The van der Waals surface area contributed by atoms with Gasteiger partial charge in [0.2, 0.25) is 0 Å². The zero-order valence-electron chi connectivity index (χ0n) is 14.3. The van der Waals surface area contributed by atoms with Gasteiger partial charge in [0.1, 0.15) is 5.82 Å². The fraction of sp³-hybridized carbons (Fsp3) is 0.158. The van der Waals surface area contributed by atoms with Crippen LogP contribution in [0.4, 0.5) is 14.5 Å². The number of hydrogen-bond donors (Lipinski definition) is 1. The second-order valence-electron chi connectivity index (χ2n) is 5.79.